The molecule has 0 aromatic carbocycles. The first-order chi connectivity index (χ1) is 8.90. The van der Waals surface area contributed by atoms with Crippen molar-refractivity contribution >= 4 is 17.9 Å². The molecule has 1 saturated heterocycles. The van der Waals surface area contributed by atoms with Crippen LogP contribution < -0.4 is 10.6 Å². The fourth-order valence-electron chi connectivity index (χ4n) is 1.68. The molecular weight excluding hydrogens is 254 g/mol. The van der Waals surface area contributed by atoms with E-state index in [0.29, 0.717) is 13.2 Å². The molecule has 0 aliphatic carbocycles. The Bertz CT molecular complexity index is 360. The maximum atomic E-state index is 11.9. The number of hydrogen-bond donors (Lipinski definition) is 3. The van der Waals surface area contributed by atoms with Gasteiger partial charge in [0.25, 0.3) is 0 Å². The number of hydrogen-bond acceptors (Lipinski definition) is 4. The van der Waals surface area contributed by atoms with Crippen molar-refractivity contribution in [3.8, 4) is 0 Å². The van der Waals surface area contributed by atoms with Crippen molar-refractivity contribution < 1.29 is 24.2 Å². The summed E-state index contributed by atoms with van der Waals surface area (Å²) >= 11 is 0. The second kappa shape index (κ2) is 6.93. The van der Waals surface area contributed by atoms with Gasteiger partial charge in [0.1, 0.15) is 6.54 Å². The number of amides is 3. The predicted molar refractivity (Wildman–Crippen MR) is 65.6 cm³/mol. The average Bonchev–Trinajstić information content (AvgIpc) is 2.36. The van der Waals surface area contributed by atoms with Crippen LogP contribution in [0, 0.1) is 0 Å². The van der Waals surface area contributed by atoms with Crippen LogP contribution in [0.2, 0.25) is 0 Å². The van der Waals surface area contributed by atoms with Crippen molar-refractivity contribution in [1.29, 1.82) is 0 Å². The molecular formula is C11H19N3O5. The summed E-state index contributed by atoms with van der Waals surface area (Å²) < 4.78 is 5.39. The highest BCUT2D eigenvalue weighted by atomic mass is 16.5. The first-order valence-corrected chi connectivity index (χ1v) is 6.04. The summed E-state index contributed by atoms with van der Waals surface area (Å²) in [6.07, 6.45) is -0.0391. The summed E-state index contributed by atoms with van der Waals surface area (Å²) in [5.74, 6) is -1.67. The molecule has 1 aliphatic rings. The quantitative estimate of drug-likeness (QED) is 0.609. The van der Waals surface area contributed by atoms with Crippen LogP contribution in [0.3, 0.4) is 0 Å². The third kappa shape index (κ3) is 5.12. The van der Waals surface area contributed by atoms with Crippen molar-refractivity contribution in [2.24, 2.45) is 0 Å². The molecule has 8 nitrogen and oxygen atoms in total. The zero-order chi connectivity index (χ0) is 14.4. The summed E-state index contributed by atoms with van der Waals surface area (Å²) in [6, 6.07) is -0.411. The van der Waals surface area contributed by atoms with E-state index in [9.17, 15) is 14.4 Å². The number of carboxylic acid groups (broad SMARTS) is 1. The monoisotopic (exact) mass is 273 g/mol. The van der Waals surface area contributed by atoms with Crippen molar-refractivity contribution in [2.45, 2.75) is 26.0 Å². The van der Waals surface area contributed by atoms with Gasteiger partial charge >= 0.3 is 12.0 Å². The number of aliphatic carboxylic acids is 1. The third-order valence-corrected chi connectivity index (χ3v) is 2.71. The van der Waals surface area contributed by atoms with E-state index in [1.165, 1.54) is 0 Å². The molecule has 108 valence electrons. The van der Waals surface area contributed by atoms with Gasteiger partial charge in [0, 0.05) is 6.54 Å². The van der Waals surface area contributed by atoms with Crippen LogP contribution in [-0.4, -0.2) is 66.3 Å². The summed E-state index contributed by atoms with van der Waals surface area (Å²) in [5.41, 5.74) is 0. The van der Waals surface area contributed by atoms with Crippen LogP contribution in [0.1, 0.15) is 13.8 Å². The minimum Gasteiger partial charge on any atom is -0.480 e. The maximum Gasteiger partial charge on any atom is 0.322 e. The lowest BCUT2D eigenvalue weighted by Gasteiger charge is -2.36. The largest absolute Gasteiger partial charge is 0.480 e. The topological polar surface area (TPSA) is 108 Å². The highest BCUT2D eigenvalue weighted by molar-refractivity contribution is 5.86. The normalized spacial score (nSPS) is 22.7. The number of nitrogens with zero attached hydrogens (tertiary/aromatic N) is 1. The average molecular weight is 273 g/mol. The maximum absolute atomic E-state index is 11.9. The standard InChI is InChI=1S/C11H19N3O5/c1-7-6-19-8(2)5-14(7)11(18)13-3-9(15)12-4-10(16)17/h7-8H,3-6H2,1-2H3,(H,12,15)(H,13,18)(H,16,17). The molecule has 19 heavy (non-hydrogen) atoms. The number of ether oxygens (including phenoxy) is 1. The summed E-state index contributed by atoms with van der Waals surface area (Å²) in [5, 5.41) is 13.0. The molecule has 0 aromatic rings. The van der Waals surface area contributed by atoms with Gasteiger partial charge in [-0.2, -0.15) is 0 Å². The van der Waals surface area contributed by atoms with Crippen LogP contribution in [-0.2, 0) is 14.3 Å². The number of carbonyl (C=O) groups excluding carboxylic acids is 2. The highest BCUT2D eigenvalue weighted by Crippen LogP contribution is 2.10. The Morgan fingerprint density at radius 2 is 1.95 bits per heavy atom. The molecule has 2 atom stereocenters. The highest BCUT2D eigenvalue weighted by Gasteiger charge is 2.27. The van der Waals surface area contributed by atoms with Gasteiger partial charge in [-0.25, -0.2) is 4.79 Å². The first-order valence-electron chi connectivity index (χ1n) is 6.04. The number of carbonyl (C=O) groups is 3. The number of nitrogens with one attached hydrogen (secondary N) is 2. The summed E-state index contributed by atoms with van der Waals surface area (Å²) in [6.45, 7) is 3.94. The van der Waals surface area contributed by atoms with E-state index in [0.717, 1.165) is 0 Å². The Balaban J connectivity index is 2.33. The molecule has 8 heteroatoms. The summed E-state index contributed by atoms with van der Waals surface area (Å²) in [7, 11) is 0. The molecule has 3 amide bonds. The third-order valence-electron chi connectivity index (χ3n) is 2.71. The van der Waals surface area contributed by atoms with Gasteiger partial charge in [0.15, 0.2) is 0 Å². The molecule has 1 rings (SSSR count). The van der Waals surface area contributed by atoms with Crippen LogP contribution >= 0.6 is 0 Å². The number of urea groups is 1. The minimum absolute atomic E-state index is 0.0391. The number of carboxylic acids is 1. The van der Waals surface area contributed by atoms with Gasteiger partial charge in [-0.3, -0.25) is 9.59 Å². The molecule has 0 radical (unpaired) electrons. The van der Waals surface area contributed by atoms with Crippen LogP contribution in [0.4, 0.5) is 4.79 Å². The zero-order valence-corrected chi connectivity index (χ0v) is 11.0. The Morgan fingerprint density at radius 3 is 2.58 bits per heavy atom. The van der Waals surface area contributed by atoms with Crippen LogP contribution in [0.25, 0.3) is 0 Å². The minimum atomic E-state index is -1.13. The van der Waals surface area contributed by atoms with Crippen LogP contribution in [0.5, 0.6) is 0 Å². The molecule has 1 fully saturated rings. The SMILES string of the molecule is CC1CN(C(=O)NCC(=O)NCC(=O)O)C(C)CO1. The van der Waals surface area contributed by atoms with E-state index in [2.05, 4.69) is 10.6 Å². The molecule has 0 bridgehead atoms. The van der Waals surface area contributed by atoms with Gasteiger partial charge in [-0.15, -0.1) is 0 Å². The predicted octanol–water partition coefficient (Wildman–Crippen LogP) is -0.994. The second-order valence-corrected chi connectivity index (χ2v) is 4.47. The zero-order valence-electron chi connectivity index (χ0n) is 11.0. The summed E-state index contributed by atoms with van der Waals surface area (Å²) in [4.78, 5) is 34.9. The molecule has 2 unspecified atom stereocenters. The lowest BCUT2D eigenvalue weighted by Crippen LogP contribution is -2.54. The van der Waals surface area contributed by atoms with Crippen LogP contribution in [0.15, 0.2) is 0 Å². The van der Waals surface area contributed by atoms with Crippen molar-refractivity contribution in [3.63, 3.8) is 0 Å². The molecule has 1 heterocycles. The van der Waals surface area contributed by atoms with Crippen molar-refractivity contribution in [2.75, 3.05) is 26.2 Å². The van der Waals surface area contributed by atoms with Crippen molar-refractivity contribution in [3.05, 3.63) is 0 Å². The van der Waals surface area contributed by atoms with E-state index < -0.39 is 18.4 Å². The Kier molecular flexibility index (Phi) is 5.56. The van der Waals surface area contributed by atoms with E-state index in [-0.39, 0.29) is 24.7 Å². The van der Waals surface area contributed by atoms with Gasteiger partial charge in [-0.05, 0) is 13.8 Å². The molecule has 0 aromatic heterocycles. The fraction of sp³-hybridized carbons (Fsp3) is 0.727. The van der Waals surface area contributed by atoms with Gasteiger partial charge in [0.2, 0.25) is 5.91 Å². The van der Waals surface area contributed by atoms with Gasteiger partial charge in [-0.1, -0.05) is 0 Å². The fourth-order valence-corrected chi connectivity index (χ4v) is 1.68. The Hall–Kier alpha value is -1.83. The van der Waals surface area contributed by atoms with E-state index >= 15 is 0 Å². The molecule has 3 N–H and O–H groups in total. The van der Waals surface area contributed by atoms with E-state index in [1.54, 1.807) is 4.90 Å². The van der Waals surface area contributed by atoms with Crippen molar-refractivity contribution in [1.82, 2.24) is 15.5 Å². The first kappa shape index (κ1) is 15.2. The molecule has 0 saturated carbocycles. The van der Waals surface area contributed by atoms with E-state index in [1.807, 2.05) is 13.8 Å². The van der Waals surface area contributed by atoms with E-state index in [4.69, 9.17) is 9.84 Å². The molecule has 1 aliphatic heterocycles. The number of rotatable bonds is 4. The Morgan fingerprint density at radius 1 is 1.26 bits per heavy atom. The number of morpholine rings is 1. The van der Waals surface area contributed by atoms with Gasteiger partial charge in [0.05, 0.1) is 25.3 Å². The lowest BCUT2D eigenvalue weighted by molar-refractivity contribution is -0.137. The second-order valence-electron chi connectivity index (χ2n) is 4.47. The van der Waals surface area contributed by atoms with Gasteiger partial charge < -0.3 is 25.4 Å². The smallest absolute Gasteiger partial charge is 0.322 e. The molecule has 0 spiro atoms. The lowest BCUT2D eigenvalue weighted by atomic mass is 10.2. The Labute approximate surface area is 111 Å².